The van der Waals surface area contributed by atoms with Gasteiger partial charge in [0.1, 0.15) is 23.3 Å². The molecule has 0 bridgehead atoms. The van der Waals surface area contributed by atoms with E-state index in [9.17, 15) is 0 Å². The van der Waals surface area contributed by atoms with E-state index in [-0.39, 0.29) is 0 Å². The predicted molar refractivity (Wildman–Crippen MR) is 76.4 cm³/mol. The maximum absolute atomic E-state index is 5.46. The van der Waals surface area contributed by atoms with Crippen molar-refractivity contribution in [1.82, 2.24) is 15.0 Å². The highest BCUT2D eigenvalue weighted by Crippen LogP contribution is 2.15. The molecule has 6 heteroatoms. The van der Waals surface area contributed by atoms with E-state index in [1.807, 2.05) is 31.2 Å². The lowest BCUT2D eigenvalue weighted by atomic mass is 10.4. The summed E-state index contributed by atoms with van der Waals surface area (Å²) >= 11 is 0. The van der Waals surface area contributed by atoms with E-state index in [2.05, 4.69) is 25.6 Å². The van der Waals surface area contributed by atoms with E-state index in [0.717, 1.165) is 30.4 Å². The van der Waals surface area contributed by atoms with E-state index in [4.69, 9.17) is 5.73 Å². The van der Waals surface area contributed by atoms with Crippen LogP contribution in [0.1, 0.15) is 12.2 Å². The number of anilines is 3. The number of hydrogen-bond donors (Lipinski definition) is 3. The Morgan fingerprint density at radius 2 is 2.00 bits per heavy atom. The first-order valence-corrected chi connectivity index (χ1v) is 6.25. The zero-order valence-electron chi connectivity index (χ0n) is 10.9. The highest BCUT2D eigenvalue weighted by atomic mass is 15.1. The second-order valence-electron chi connectivity index (χ2n) is 4.09. The van der Waals surface area contributed by atoms with Crippen LogP contribution in [0.3, 0.4) is 0 Å². The van der Waals surface area contributed by atoms with Crippen LogP contribution in [0.15, 0.2) is 30.5 Å². The molecule has 0 aliphatic rings. The van der Waals surface area contributed by atoms with Gasteiger partial charge in [0, 0.05) is 18.8 Å². The molecule has 2 aromatic rings. The van der Waals surface area contributed by atoms with Crippen molar-refractivity contribution in [1.29, 1.82) is 0 Å². The van der Waals surface area contributed by atoms with Gasteiger partial charge in [-0.3, -0.25) is 0 Å². The van der Waals surface area contributed by atoms with Gasteiger partial charge in [-0.1, -0.05) is 6.07 Å². The van der Waals surface area contributed by atoms with Gasteiger partial charge in [-0.25, -0.2) is 15.0 Å². The number of pyridine rings is 1. The Morgan fingerprint density at radius 3 is 2.74 bits per heavy atom. The van der Waals surface area contributed by atoms with Crippen molar-refractivity contribution < 1.29 is 0 Å². The van der Waals surface area contributed by atoms with E-state index < -0.39 is 0 Å². The van der Waals surface area contributed by atoms with Gasteiger partial charge < -0.3 is 16.4 Å². The van der Waals surface area contributed by atoms with E-state index in [1.54, 1.807) is 6.20 Å². The van der Waals surface area contributed by atoms with Gasteiger partial charge in [-0.2, -0.15) is 0 Å². The summed E-state index contributed by atoms with van der Waals surface area (Å²) in [6.45, 7) is 3.32. The molecule has 0 aromatic carbocycles. The number of aryl methyl sites for hydroxylation is 1. The van der Waals surface area contributed by atoms with Crippen LogP contribution >= 0.6 is 0 Å². The molecule has 0 atom stereocenters. The Balaban J connectivity index is 2.08. The normalized spacial score (nSPS) is 10.2. The summed E-state index contributed by atoms with van der Waals surface area (Å²) in [5.74, 6) is 2.98. The lowest BCUT2D eigenvalue weighted by molar-refractivity contribution is 0.867. The first kappa shape index (κ1) is 13.2. The van der Waals surface area contributed by atoms with Crippen LogP contribution in [0.5, 0.6) is 0 Å². The second-order valence-corrected chi connectivity index (χ2v) is 4.09. The summed E-state index contributed by atoms with van der Waals surface area (Å²) in [5.41, 5.74) is 5.46. The minimum atomic E-state index is 0.663. The minimum Gasteiger partial charge on any atom is -0.370 e. The molecule has 2 aromatic heterocycles. The van der Waals surface area contributed by atoms with Gasteiger partial charge in [0.2, 0.25) is 0 Å². The number of rotatable bonds is 6. The van der Waals surface area contributed by atoms with Gasteiger partial charge in [-0.15, -0.1) is 0 Å². The van der Waals surface area contributed by atoms with Crippen molar-refractivity contribution in [2.75, 3.05) is 23.7 Å². The first-order chi connectivity index (χ1) is 9.28. The quantitative estimate of drug-likeness (QED) is 0.683. The van der Waals surface area contributed by atoms with Gasteiger partial charge in [0.25, 0.3) is 0 Å². The minimum absolute atomic E-state index is 0.663. The summed E-state index contributed by atoms with van der Waals surface area (Å²) in [4.78, 5) is 12.9. The molecule has 0 saturated heterocycles. The topological polar surface area (TPSA) is 88.8 Å². The maximum atomic E-state index is 5.46. The molecule has 0 fully saturated rings. The SMILES string of the molecule is Cc1nc(NCCCN)cc(Nc2ccccn2)n1. The standard InChI is InChI=1S/C13H18N6/c1-10-17-12(16-8-4-6-14)9-13(18-10)19-11-5-2-3-7-15-11/h2-3,5,7,9H,4,6,8,14H2,1H3,(H2,15,16,17,18,19). The summed E-state index contributed by atoms with van der Waals surface area (Å²) in [6.07, 6.45) is 2.64. The number of aromatic nitrogens is 3. The van der Waals surface area contributed by atoms with Crippen LogP contribution in [0.2, 0.25) is 0 Å². The third-order valence-electron chi connectivity index (χ3n) is 2.45. The van der Waals surface area contributed by atoms with Crippen molar-refractivity contribution in [2.45, 2.75) is 13.3 Å². The Hall–Kier alpha value is -2.21. The third-order valence-corrected chi connectivity index (χ3v) is 2.45. The summed E-state index contributed by atoms with van der Waals surface area (Å²) < 4.78 is 0. The van der Waals surface area contributed by atoms with E-state index >= 15 is 0 Å². The van der Waals surface area contributed by atoms with Gasteiger partial charge >= 0.3 is 0 Å². The molecule has 0 radical (unpaired) electrons. The molecule has 6 nitrogen and oxygen atoms in total. The van der Waals surface area contributed by atoms with Crippen molar-refractivity contribution in [3.8, 4) is 0 Å². The van der Waals surface area contributed by atoms with Crippen LogP contribution < -0.4 is 16.4 Å². The molecule has 2 heterocycles. The van der Waals surface area contributed by atoms with Crippen molar-refractivity contribution in [3.05, 3.63) is 36.3 Å². The molecule has 100 valence electrons. The molecular weight excluding hydrogens is 240 g/mol. The largest absolute Gasteiger partial charge is 0.370 e. The number of nitrogens with one attached hydrogen (secondary N) is 2. The third kappa shape index (κ3) is 4.18. The monoisotopic (exact) mass is 258 g/mol. The van der Waals surface area contributed by atoms with Crippen molar-refractivity contribution in [3.63, 3.8) is 0 Å². The fraction of sp³-hybridized carbons (Fsp3) is 0.308. The van der Waals surface area contributed by atoms with Crippen LogP contribution in [0.4, 0.5) is 17.5 Å². The molecule has 19 heavy (non-hydrogen) atoms. The second kappa shape index (κ2) is 6.65. The van der Waals surface area contributed by atoms with Gasteiger partial charge in [0.05, 0.1) is 0 Å². The van der Waals surface area contributed by atoms with Crippen LogP contribution in [-0.4, -0.2) is 28.0 Å². The number of nitrogens with two attached hydrogens (primary N) is 1. The number of hydrogen-bond acceptors (Lipinski definition) is 6. The Morgan fingerprint density at radius 1 is 1.16 bits per heavy atom. The summed E-state index contributed by atoms with van der Waals surface area (Å²) in [6, 6.07) is 7.54. The Bertz CT molecular complexity index is 514. The fourth-order valence-electron chi connectivity index (χ4n) is 1.61. The highest BCUT2D eigenvalue weighted by molar-refractivity contribution is 5.55. The highest BCUT2D eigenvalue weighted by Gasteiger charge is 2.02. The molecule has 2 rings (SSSR count). The van der Waals surface area contributed by atoms with E-state index in [1.165, 1.54) is 0 Å². The maximum Gasteiger partial charge on any atom is 0.137 e. The molecule has 0 unspecified atom stereocenters. The van der Waals surface area contributed by atoms with Gasteiger partial charge in [0.15, 0.2) is 0 Å². The van der Waals surface area contributed by atoms with Crippen LogP contribution in [0.25, 0.3) is 0 Å². The zero-order chi connectivity index (χ0) is 13.5. The predicted octanol–water partition coefficient (Wildman–Crippen LogP) is 1.68. The first-order valence-electron chi connectivity index (χ1n) is 6.25. The van der Waals surface area contributed by atoms with E-state index in [0.29, 0.717) is 12.4 Å². The summed E-state index contributed by atoms with van der Waals surface area (Å²) in [5, 5.41) is 6.37. The zero-order valence-corrected chi connectivity index (χ0v) is 10.9. The smallest absolute Gasteiger partial charge is 0.137 e. The summed E-state index contributed by atoms with van der Waals surface area (Å²) in [7, 11) is 0. The molecule has 0 aliphatic carbocycles. The molecular formula is C13H18N6. The van der Waals surface area contributed by atoms with Crippen molar-refractivity contribution >= 4 is 17.5 Å². The lowest BCUT2D eigenvalue weighted by Gasteiger charge is -2.09. The average molecular weight is 258 g/mol. The molecule has 0 spiro atoms. The Kier molecular flexibility index (Phi) is 4.63. The van der Waals surface area contributed by atoms with Crippen LogP contribution in [0, 0.1) is 6.92 Å². The van der Waals surface area contributed by atoms with Crippen LogP contribution in [-0.2, 0) is 0 Å². The molecule has 4 N–H and O–H groups in total. The molecule has 0 aliphatic heterocycles. The lowest BCUT2D eigenvalue weighted by Crippen LogP contribution is -2.10. The van der Waals surface area contributed by atoms with Crippen molar-refractivity contribution in [2.24, 2.45) is 5.73 Å². The fourth-order valence-corrected chi connectivity index (χ4v) is 1.61. The van der Waals surface area contributed by atoms with Gasteiger partial charge in [-0.05, 0) is 32.0 Å². The molecule has 0 amide bonds. The number of nitrogens with zero attached hydrogens (tertiary/aromatic N) is 3. The average Bonchev–Trinajstić information content (AvgIpc) is 2.39. The Labute approximate surface area is 112 Å². The molecule has 0 saturated carbocycles.